The van der Waals surface area contributed by atoms with E-state index >= 15 is 0 Å². The number of fused-ring (bicyclic) bond motifs is 1. The van der Waals surface area contributed by atoms with E-state index < -0.39 is 0 Å². The first kappa shape index (κ1) is 14.3. The minimum Gasteiger partial charge on any atom is -0.356 e. The first-order valence-electron chi connectivity index (χ1n) is 6.94. The molecule has 22 heavy (non-hydrogen) atoms. The third-order valence-corrected chi connectivity index (χ3v) is 3.55. The van der Waals surface area contributed by atoms with Gasteiger partial charge in [-0.25, -0.2) is 4.39 Å². The molecule has 0 unspecified atom stereocenters. The van der Waals surface area contributed by atoms with Gasteiger partial charge in [0.2, 0.25) is 5.91 Å². The highest BCUT2D eigenvalue weighted by Gasteiger charge is 2.11. The van der Waals surface area contributed by atoms with Crippen molar-refractivity contribution in [3.05, 3.63) is 59.0 Å². The third-order valence-electron chi connectivity index (χ3n) is 3.55. The molecule has 0 aliphatic heterocycles. The monoisotopic (exact) mass is 298 g/mol. The zero-order valence-corrected chi connectivity index (χ0v) is 12.3. The predicted molar refractivity (Wildman–Crippen MR) is 82.2 cm³/mol. The standard InChI is InChI=1S/C17H15FN2O2/c1-10-7-16-14(11(2)20-22-16)9-15(10)19-17(21)8-12-3-5-13(18)6-4-12/h3-7,9H,8H2,1-2H3,(H,19,21). The molecular weight excluding hydrogens is 283 g/mol. The van der Waals surface area contributed by atoms with Crippen LogP contribution in [0.15, 0.2) is 40.9 Å². The number of aromatic nitrogens is 1. The lowest BCUT2D eigenvalue weighted by Gasteiger charge is -2.08. The molecule has 0 aliphatic carbocycles. The Hall–Kier alpha value is -2.69. The molecule has 5 heteroatoms. The molecule has 1 N–H and O–H groups in total. The molecule has 2 aromatic carbocycles. The molecule has 0 aliphatic rings. The molecule has 4 nitrogen and oxygen atoms in total. The predicted octanol–water partition coefficient (Wildman–Crippen LogP) is 3.76. The van der Waals surface area contributed by atoms with Crippen LogP contribution in [0.5, 0.6) is 0 Å². The summed E-state index contributed by atoms with van der Waals surface area (Å²) in [4.78, 5) is 12.1. The number of nitrogens with zero attached hydrogens (tertiary/aromatic N) is 1. The fraction of sp³-hybridized carbons (Fsp3) is 0.176. The molecule has 0 saturated heterocycles. The smallest absolute Gasteiger partial charge is 0.228 e. The zero-order chi connectivity index (χ0) is 15.7. The van der Waals surface area contributed by atoms with Gasteiger partial charge in [0.05, 0.1) is 12.1 Å². The van der Waals surface area contributed by atoms with Gasteiger partial charge < -0.3 is 9.84 Å². The largest absolute Gasteiger partial charge is 0.356 e. The molecule has 0 radical (unpaired) electrons. The van der Waals surface area contributed by atoms with Crippen LogP contribution >= 0.6 is 0 Å². The highest BCUT2D eigenvalue weighted by molar-refractivity contribution is 5.96. The first-order chi connectivity index (χ1) is 10.5. The van der Waals surface area contributed by atoms with Crippen LogP contribution in [0.25, 0.3) is 11.0 Å². The second-order valence-electron chi connectivity index (χ2n) is 5.28. The second kappa shape index (κ2) is 5.60. The van der Waals surface area contributed by atoms with Gasteiger partial charge in [-0.1, -0.05) is 17.3 Å². The summed E-state index contributed by atoms with van der Waals surface area (Å²) in [5.74, 6) is -0.462. The number of nitrogens with one attached hydrogen (secondary N) is 1. The van der Waals surface area contributed by atoms with Crippen LogP contribution in [0.1, 0.15) is 16.8 Å². The van der Waals surface area contributed by atoms with E-state index in [0.29, 0.717) is 5.58 Å². The zero-order valence-electron chi connectivity index (χ0n) is 12.3. The number of halogens is 1. The molecule has 112 valence electrons. The highest BCUT2D eigenvalue weighted by Crippen LogP contribution is 2.26. The Kier molecular flexibility index (Phi) is 3.63. The van der Waals surface area contributed by atoms with Crippen molar-refractivity contribution in [1.82, 2.24) is 5.16 Å². The van der Waals surface area contributed by atoms with Gasteiger partial charge in [0.15, 0.2) is 5.58 Å². The number of benzene rings is 2. The van der Waals surface area contributed by atoms with E-state index in [9.17, 15) is 9.18 Å². The summed E-state index contributed by atoms with van der Waals surface area (Å²) >= 11 is 0. The second-order valence-corrected chi connectivity index (χ2v) is 5.28. The number of aryl methyl sites for hydroxylation is 2. The average Bonchev–Trinajstić information content (AvgIpc) is 2.83. The molecule has 1 heterocycles. The SMILES string of the molecule is Cc1cc2onc(C)c2cc1NC(=O)Cc1ccc(F)cc1. The Labute approximate surface area is 126 Å². The summed E-state index contributed by atoms with van der Waals surface area (Å²) in [6.07, 6.45) is 0.195. The molecular formula is C17H15FN2O2. The third kappa shape index (κ3) is 2.83. The van der Waals surface area contributed by atoms with Crippen LogP contribution in [0.4, 0.5) is 10.1 Å². The van der Waals surface area contributed by atoms with Crippen LogP contribution in [0.3, 0.4) is 0 Å². The number of hydrogen-bond donors (Lipinski definition) is 1. The van der Waals surface area contributed by atoms with Crippen LogP contribution in [0.2, 0.25) is 0 Å². The number of hydrogen-bond acceptors (Lipinski definition) is 3. The van der Waals surface area contributed by atoms with E-state index in [1.165, 1.54) is 12.1 Å². The van der Waals surface area contributed by atoms with E-state index in [1.807, 2.05) is 26.0 Å². The van der Waals surface area contributed by atoms with E-state index in [4.69, 9.17) is 4.52 Å². The van der Waals surface area contributed by atoms with E-state index in [1.54, 1.807) is 12.1 Å². The van der Waals surface area contributed by atoms with Crippen LogP contribution in [0, 0.1) is 19.7 Å². The minimum absolute atomic E-state index is 0.150. The minimum atomic E-state index is -0.312. The Morgan fingerprint density at radius 3 is 2.68 bits per heavy atom. The summed E-state index contributed by atoms with van der Waals surface area (Å²) in [6, 6.07) is 9.62. The Balaban J connectivity index is 1.79. The van der Waals surface area contributed by atoms with Crippen LogP contribution in [-0.2, 0) is 11.2 Å². The van der Waals surface area contributed by atoms with Crippen molar-refractivity contribution in [2.24, 2.45) is 0 Å². The number of rotatable bonds is 3. The number of carbonyl (C=O) groups excluding carboxylic acids is 1. The highest BCUT2D eigenvalue weighted by atomic mass is 19.1. The summed E-state index contributed by atoms with van der Waals surface area (Å²) < 4.78 is 18.1. The molecule has 3 rings (SSSR count). The van der Waals surface area contributed by atoms with Crippen LogP contribution < -0.4 is 5.32 Å². The summed E-state index contributed by atoms with van der Waals surface area (Å²) in [5, 5.41) is 7.67. The van der Waals surface area contributed by atoms with Crippen molar-refractivity contribution in [2.75, 3.05) is 5.32 Å². The van der Waals surface area contributed by atoms with Crippen molar-refractivity contribution in [3.8, 4) is 0 Å². The summed E-state index contributed by atoms with van der Waals surface area (Å²) in [5.41, 5.74) is 3.87. The number of anilines is 1. The normalized spacial score (nSPS) is 10.9. The lowest BCUT2D eigenvalue weighted by atomic mass is 10.1. The van der Waals surface area contributed by atoms with Crippen molar-refractivity contribution in [1.29, 1.82) is 0 Å². The maximum atomic E-state index is 12.9. The van der Waals surface area contributed by atoms with Crippen LogP contribution in [-0.4, -0.2) is 11.1 Å². The maximum absolute atomic E-state index is 12.9. The fourth-order valence-electron chi connectivity index (χ4n) is 2.32. The Bertz CT molecular complexity index is 838. The molecule has 0 atom stereocenters. The van der Waals surface area contributed by atoms with E-state index in [2.05, 4.69) is 10.5 Å². The van der Waals surface area contributed by atoms with Gasteiger partial charge in [-0.3, -0.25) is 4.79 Å². The van der Waals surface area contributed by atoms with Gasteiger partial charge in [-0.2, -0.15) is 0 Å². The van der Waals surface area contributed by atoms with Gasteiger partial charge >= 0.3 is 0 Å². The molecule has 0 fully saturated rings. The van der Waals surface area contributed by atoms with Gasteiger partial charge in [0.25, 0.3) is 0 Å². The van der Waals surface area contributed by atoms with Gasteiger partial charge in [0.1, 0.15) is 5.82 Å². The maximum Gasteiger partial charge on any atom is 0.228 e. The van der Waals surface area contributed by atoms with Crippen molar-refractivity contribution in [2.45, 2.75) is 20.3 Å². The van der Waals surface area contributed by atoms with Crippen molar-refractivity contribution < 1.29 is 13.7 Å². The Morgan fingerprint density at radius 1 is 1.23 bits per heavy atom. The van der Waals surface area contributed by atoms with Gasteiger partial charge in [0, 0.05) is 11.1 Å². The fourth-order valence-corrected chi connectivity index (χ4v) is 2.32. The molecule has 0 spiro atoms. The lowest BCUT2D eigenvalue weighted by Crippen LogP contribution is -2.15. The molecule has 3 aromatic rings. The van der Waals surface area contributed by atoms with Crippen molar-refractivity contribution in [3.63, 3.8) is 0 Å². The molecule has 1 amide bonds. The lowest BCUT2D eigenvalue weighted by molar-refractivity contribution is -0.115. The topological polar surface area (TPSA) is 55.1 Å². The first-order valence-corrected chi connectivity index (χ1v) is 6.94. The van der Waals surface area contributed by atoms with Gasteiger partial charge in [-0.15, -0.1) is 0 Å². The number of carbonyl (C=O) groups is 1. The summed E-state index contributed by atoms with van der Waals surface area (Å²) in [7, 11) is 0. The van der Waals surface area contributed by atoms with Crippen molar-refractivity contribution >= 4 is 22.6 Å². The Morgan fingerprint density at radius 2 is 1.95 bits per heavy atom. The quantitative estimate of drug-likeness (QED) is 0.801. The summed E-state index contributed by atoms with van der Waals surface area (Å²) in [6.45, 7) is 3.75. The van der Waals surface area contributed by atoms with E-state index in [0.717, 1.165) is 27.9 Å². The van der Waals surface area contributed by atoms with Gasteiger partial charge in [-0.05, 0) is 49.2 Å². The molecule has 0 saturated carbocycles. The average molecular weight is 298 g/mol. The number of amides is 1. The molecule has 1 aromatic heterocycles. The van der Waals surface area contributed by atoms with E-state index in [-0.39, 0.29) is 18.1 Å². The molecule has 0 bridgehead atoms.